The summed E-state index contributed by atoms with van der Waals surface area (Å²) in [4.78, 5) is 15.2. The van der Waals surface area contributed by atoms with E-state index in [4.69, 9.17) is 9.47 Å². The van der Waals surface area contributed by atoms with Crippen LogP contribution in [0, 0.1) is 26.2 Å². The molecule has 0 aromatic heterocycles. The fourth-order valence-corrected chi connectivity index (χ4v) is 7.61. The lowest BCUT2D eigenvalue weighted by Crippen LogP contribution is -2.45. The molecule has 0 atom stereocenters. The van der Waals surface area contributed by atoms with Crippen molar-refractivity contribution in [3.63, 3.8) is 0 Å². The molecule has 0 saturated carbocycles. The van der Waals surface area contributed by atoms with Gasteiger partial charge in [0.25, 0.3) is 0 Å². The number of likely N-dealkylation sites (tertiary alicyclic amines) is 1. The molecule has 8 heteroatoms. The Balaban J connectivity index is 1.43. The summed E-state index contributed by atoms with van der Waals surface area (Å²) in [7, 11) is -0.391. The third kappa shape index (κ3) is 4.91. The summed E-state index contributed by atoms with van der Waals surface area (Å²) in [6, 6.07) is 9.42. The minimum Gasteiger partial charge on any atom is -0.497 e. The number of carbonyl (C=O) groups is 1. The lowest BCUT2D eigenvalue weighted by atomic mass is 9.78. The number of hydrogen-bond donors (Lipinski definition) is 0. The summed E-state index contributed by atoms with van der Waals surface area (Å²) in [5, 5.41) is 0. The third-order valence-corrected chi connectivity index (χ3v) is 10.0. The van der Waals surface area contributed by atoms with Crippen molar-refractivity contribution in [2.24, 2.45) is 5.41 Å². The van der Waals surface area contributed by atoms with Gasteiger partial charge in [-0.25, -0.2) is 8.42 Å². The van der Waals surface area contributed by atoms with Crippen LogP contribution in [0.15, 0.2) is 35.2 Å². The van der Waals surface area contributed by atoms with Gasteiger partial charge in [-0.3, -0.25) is 4.79 Å². The van der Waals surface area contributed by atoms with Gasteiger partial charge < -0.3 is 14.4 Å². The van der Waals surface area contributed by atoms with Crippen LogP contribution in [0.2, 0.25) is 0 Å². The predicted molar refractivity (Wildman–Crippen MR) is 136 cm³/mol. The highest BCUT2D eigenvalue weighted by Gasteiger charge is 2.45. The first-order chi connectivity index (χ1) is 16.6. The highest BCUT2D eigenvalue weighted by molar-refractivity contribution is 7.89. The number of carbonyl (C=O) groups excluding carboxylic acids is 1. The minimum atomic E-state index is -3.61. The molecule has 2 aliphatic heterocycles. The lowest BCUT2D eigenvalue weighted by Gasteiger charge is -2.39. The number of rotatable bonds is 6. The van der Waals surface area contributed by atoms with Crippen molar-refractivity contribution < 1.29 is 22.7 Å². The molecule has 0 aliphatic carbocycles. The summed E-state index contributed by atoms with van der Waals surface area (Å²) < 4.78 is 39.7. The van der Waals surface area contributed by atoms with Gasteiger partial charge in [-0.1, -0.05) is 12.1 Å². The Morgan fingerprint density at radius 2 is 1.66 bits per heavy atom. The molecule has 190 valence electrons. The van der Waals surface area contributed by atoms with E-state index in [1.165, 1.54) is 0 Å². The number of benzene rings is 2. The molecule has 2 heterocycles. The van der Waals surface area contributed by atoms with Crippen LogP contribution in [0.5, 0.6) is 11.5 Å². The van der Waals surface area contributed by atoms with Crippen LogP contribution in [0.1, 0.15) is 41.5 Å². The van der Waals surface area contributed by atoms with Gasteiger partial charge >= 0.3 is 0 Å². The van der Waals surface area contributed by atoms with Crippen LogP contribution in [0.3, 0.4) is 0 Å². The second kappa shape index (κ2) is 9.82. The summed E-state index contributed by atoms with van der Waals surface area (Å²) in [6.45, 7) is 7.94. The number of aryl methyl sites for hydroxylation is 1. The van der Waals surface area contributed by atoms with Crippen molar-refractivity contribution in [2.75, 3.05) is 40.4 Å². The summed E-state index contributed by atoms with van der Waals surface area (Å²) >= 11 is 0. The Kier molecular flexibility index (Phi) is 7.16. The molecule has 0 radical (unpaired) electrons. The van der Waals surface area contributed by atoms with E-state index in [9.17, 15) is 13.2 Å². The number of methoxy groups -OCH3 is 2. The predicted octanol–water partition coefficient (Wildman–Crippen LogP) is 3.87. The molecule has 0 N–H and O–H groups in total. The topological polar surface area (TPSA) is 76.2 Å². The first-order valence-electron chi connectivity index (χ1n) is 12.2. The first kappa shape index (κ1) is 25.5. The van der Waals surface area contributed by atoms with Crippen molar-refractivity contribution in [3.05, 3.63) is 52.6 Å². The van der Waals surface area contributed by atoms with Gasteiger partial charge in [0.2, 0.25) is 15.9 Å². The number of amides is 1. The maximum atomic E-state index is 13.7. The summed E-state index contributed by atoms with van der Waals surface area (Å²) in [5.41, 5.74) is 3.19. The third-order valence-electron chi connectivity index (χ3n) is 7.87. The van der Waals surface area contributed by atoms with E-state index in [1.807, 2.05) is 56.0 Å². The highest BCUT2D eigenvalue weighted by Crippen LogP contribution is 2.43. The first-order valence-corrected chi connectivity index (χ1v) is 13.6. The molecule has 2 fully saturated rings. The molecule has 2 aromatic carbocycles. The van der Waals surface area contributed by atoms with E-state index in [2.05, 4.69) is 0 Å². The van der Waals surface area contributed by atoms with Crippen LogP contribution in [0.4, 0.5) is 0 Å². The zero-order chi connectivity index (χ0) is 25.4. The van der Waals surface area contributed by atoms with Crippen LogP contribution >= 0.6 is 0 Å². The van der Waals surface area contributed by atoms with Crippen LogP contribution < -0.4 is 9.47 Å². The number of sulfonamides is 1. The molecule has 2 saturated heterocycles. The Labute approximate surface area is 209 Å². The smallest absolute Gasteiger partial charge is 0.243 e. The van der Waals surface area contributed by atoms with Crippen LogP contribution in [-0.4, -0.2) is 63.9 Å². The number of ether oxygens (including phenoxy) is 2. The maximum Gasteiger partial charge on any atom is 0.243 e. The molecule has 1 amide bonds. The lowest BCUT2D eigenvalue weighted by molar-refractivity contribution is -0.132. The van der Waals surface area contributed by atoms with Crippen LogP contribution in [-0.2, 0) is 21.2 Å². The van der Waals surface area contributed by atoms with E-state index in [0.717, 1.165) is 41.7 Å². The standard InChI is InChI=1S/C27H36N2O5S/c1-19-15-24(34-5)20(2)21(3)26(19)35(31,32)29-14-11-27(18-29)9-12-28(13-10-27)25(30)17-22-7-6-8-23(16-22)33-4/h6-8,15-16H,9-14,17-18H2,1-5H3. The van der Waals surface area contributed by atoms with E-state index in [-0.39, 0.29) is 11.3 Å². The Hall–Kier alpha value is -2.58. The van der Waals surface area contributed by atoms with Gasteiger partial charge in [-0.15, -0.1) is 0 Å². The summed E-state index contributed by atoms with van der Waals surface area (Å²) in [6.07, 6.45) is 2.82. The van der Waals surface area contributed by atoms with Gasteiger partial charge in [0.05, 0.1) is 25.5 Å². The molecule has 1 spiro atoms. The van der Waals surface area contributed by atoms with Crippen molar-refractivity contribution in [3.8, 4) is 11.5 Å². The molecule has 35 heavy (non-hydrogen) atoms. The largest absolute Gasteiger partial charge is 0.497 e. The van der Waals surface area contributed by atoms with Gasteiger partial charge in [0, 0.05) is 26.2 Å². The molecule has 2 aliphatic rings. The average Bonchev–Trinajstić information content (AvgIpc) is 3.26. The van der Waals surface area contributed by atoms with E-state index >= 15 is 0 Å². The van der Waals surface area contributed by atoms with Crippen molar-refractivity contribution >= 4 is 15.9 Å². The molecule has 2 aromatic rings. The second-order valence-corrected chi connectivity index (χ2v) is 11.8. The monoisotopic (exact) mass is 500 g/mol. The van der Waals surface area contributed by atoms with E-state index in [1.54, 1.807) is 18.5 Å². The van der Waals surface area contributed by atoms with Crippen LogP contribution in [0.25, 0.3) is 0 Å². The molecular weight excluding hydrogens is 464 g/mol. The zero-order valence-electron chi connectivity index (χ0n) is 21.4. The van der Waals surface area contributed by atoms with E-state index < -0.39 is 10.0 Å². The van der Waals surface area contributed by atoms with Gasteiger partial charge in [0.1, 0.15) is 11.5 Å². The number of piperidine rings is 1. The molecular formula is C27H36N2O5S. The normalized spacial score (nSPS) is 18.1. The fraction of sp³-hybridized carbons (Fsp3) is 0.519. The van der Waals surface area contributed by atoms with E-state index in [0.29, 0.717) is 48.8 Å². The molecule has 0 bridgehead atoms. The van der Waals surface area contributed by atoms with Crippen molar-refractivity contribution in [1.29, 1.82) is 0 Å². The maximum absolute atomic E-state index is 13.7. The number of hydrogen-bond acceptors (Lipinski definition) is 5. The van der Waals surface area contributed by atoms with Crippen molar-refractivity contribution in [2.45, 2.75) is 51.3 Å². The Morgan fingerprint density at radius 1 is 0.971 bits per heavy atom. The molecule has 4 rings (SSSR count). The highest BCUT2D eigenvalue weighted by atomic mass is 32.2. The zero-order valence-corrected chi connectivity index (χ0v) is 22.2. The molecule has 7 nitrogen and oxygen atoms in total. The minimum absolute atomic E-state index is 0.0663. The Bertz CT molecular complexity index is 1220. The summed E-state index contributed by atoms with van der Waals surface area (Å²) in [5.74, 6) is 1.57. The average molecular weight is 501 g/mol. The second-order valence-electron chi connectivity index (χ2n) is 9.97. The Morgan fingerprint density at radius 3 is 2.31 bits per heavy atom. The molecule has 0 unspecified atom stereocenters. The van der Waals surface area contributed by atoms with Crippen molar-refractivity contribution in [1.82, 2.24) is 9.21 Å². The SMILES string of the molecule is COc1cccc(CC(=O)N2CCC3(CC2)CCN(S(=O)(=O)c2c(C)cc(OC)c(C)c2C)C3)c1. The quantitative estimate of drug-likeness (QED) is 0.602. The fourth-order valence-electron chi connectivity index (χ4n) is 5.57. The number of nitrogens with zero attached hydrogens (tertiary/aromatic N) is 2. The van der Waals surface area contributed by atoms with Gasteiger partial charge in [-0.05, 0) is 85.9 Å². The van der Waals surface area contributed by atoms with Gasteiger partial charge in [-0.2, -0.15) is 4.31 Å². The van der Waals surface area contributed by atoms with Gasteiger partial charge in [0.15, 0.2) is 0 Å².